The number of hydrogen-bond donors (Lipinski definition) is 2. The summed E-state index contributed by atoms with van der Waals surface area (Å²) in [5.41, 5.74) is 1.68. The standard InChI is InChI=1S/C26H34O7/c1-9-19-15(6)24(31-7)18(26(30)33-19)12-17-22(28)16(11-10-13(2)3)23(29)20(25(17)32-8)21(27)14(4)5/h10,14,28-29H,9,11-12H2,1-8H3. The molecule has 1 aromatic heterocycles. The Balaban J connectivity index is 2.91. The lowest BCUT2D eigenvalue weighted by atomic mass is 9.89. The number of hydrogen-bond acceptors (Lipinski definition) is 7. The van der Waals surface area contributed by atoms with Gasteiger partial charge in [-0.15, -0.1) is 0 Å². The Kier molecular flexibility index (Phi) is 8.36. The monoisotopic (exact) mass is 458 g/mol. The van der Waals surface area contributed by atoms with E-state index in [1.807, 2.05) is 26.8 Å². The molecule has 0 atom stereocenters. The van der Waals surface area contributed by atoms with Gasteiger partial charge >= 0.3 is 5.63 Å². The second-order valence-corrected chi connectivity index (χ2v) is 8.55. The molecule has 7 nitrogen and oxygen atoms in total. The molecule has 180 valence electrons. The van der Waals surface area contributed by atoms with Crippen LogP contribution in [0, 0.1) is 12.8 Å². The van der Waals surface area contributed by atoms with Crippen molar-refractivity contribution in [2.24, 2.45) is 5.92 Å². The summed E-state index contributed by atoms with van der Waals surface area (Å²) >= 11 is 0. The fourth-order valence-corrected chi connectivity index (χ4v) is 3.86. The van der Waals surface area contributed by atoms with Gasteiger partial charge in [0.2, 0.25) is 0 Å². The van der Waals surface area contributed by atoms with E-state index in [9.17, 15) is 19.8 Å². The normalized spacial score (nSPS) is 10.9. The number of Topliss-reactive ketones (excluding diaryl/α,β-unsaturated/α-hetero) is 1. The molecule has 0 saturated carbocycles. The van der Waals surface area contributed by atoms with Gasteiger partial charge in [0, 0.05) is 35.4 Å². The minimum Gasteiger partial charge on any atom is -0.507 e. The lowest BCUT2D eigenvalue weighted by Gasteiger charge is -2.21. The van der Waals surface area contributed by atoms with Crippen LogP contribution in [-0.4, -0.2) is 30.2 Å². The van der Waals surface area contributed by atoms with Crippen LogP contribution >= 0.6 is 0 Å². The number of benzene rings is 1. The van der Waals surface area contributed by atoms with Crippen LogP contribution in [0.1, 0.15) is 73.0 Å². The summed E-state index contributed by atoms with van der Waals surface area (Å²) in [5.74, 6) is -0.405. The Hall–Kier alpha value is -3.22. The predicted octanol–water partition coefficient (Wildman–Crippen LogP) is 4.88. The van der Waals surface area contributed by atoms with Gasteiger partial charge in [-0.3, -0.25) is 4.79 Å². The van der Waals surface area contributed by atoms with Gasteiger partial charge in [-0.1, -0.05) is 32.4 Å². The van der Waals surface area contributed by atoms with Crippen molar-refractivity contribution in [1.82, 2.24) is 0 Å². The number of allylic oxidation sites excluding steroid dienone is 2. The van der Waals surface area contributed by atoms with Crippen molar-refractivity contribution >= 4 is 5.78 Å². The molecule has 1 aromatic carbocycles. The zero-order valence-corrected chi connectivity index (χ0v) is 20.7. The second-order valence-electron chi connectivity index (χ2n) is 8.55. The molecule has 0 radical (unpaired) electrons. The van der Waals surface area contributed by atoms with Gasteiger partial charge in [0.1, 0.15) is 34.3 Å². The molecule has 0 fully saturated rings. The van der Waals surface area contributed by atoms with E-state index in [0.29, 0.717) is 23.5 Å². The van der Waals surface area contributed by atoms with Gasteiger partial charge in [0.25, 0.3) is 0 Å². The molecule has 2 rings (SSSR count). The maximum Gasteiger partial charge on any atom is 0.343 e. The van der Waals surface area contributed by atoms with E-state index < -0.39 is 11.5 Å². The maximum atomic E-state index is 13.0. The van der Waals surface area contributed by atoms with Gasteiger partial charge in [-0.2, -0.15) is 0 Å². The maximum absolute atomic E-state index is 13.0. The molecule has 1 heterocycles. The van der Waals surface area contributed by atoms with Crippen LogP contribution in [0.2, 0.25) is 0 Å². The third-order valence-electron chi connectivity index (χ3n) is 5.66. The third-order valence-corrected chi connectivity index (χ3v) is 5.66. The zero-order chi connectivity index (χ0) is 25.0. The van der Waals surface area contributed by atoms with Crippen LogP contribution in [0.4, 0.5) is 0 Å². The summed E-state index contributed by atoms with van der Waals surface area (Å²) in [5, 5.41) is 22.1. The largest absolute Gasteiger partial charge is 0.507 e. The highest BCUT2D eigenvalue weighted by Gasteiger charge is 2.31. The summed E-state index contributed by atoms with van der Waals surface area (Å²) < 4.78 is 16.5. The SMILES string of the molecule is CCc1oc(=O)c(Cc2c(O)c(CC=C(C)C)c(O)c(C(=O)C(C)C)c2OC)c(OC)c1C. The number of carbonyl (C=O) groups excluding carboxylic acids is 1. The van der Waals surface area contributed by atoms with E-state index in [0.717, 1.165) is 5.57 Å². The van der Waals surface area contributed by atoms with E-state index in [1.165, 1.54) is 14.2 Å². The van der Waals surface area contributed by atoms with E-state index >= 15 is 0 Å². The first-order chi connectivity index (χ1) is 15.5. The van der Waals surface area contributed by atoms with Crippen molar-refractivity contribution in [3.05, 3.63) is 55.6 Å². The van der Waals surface area contributed by atoms with Crippen molar-refractivity contribution in [3.8, 4) is 23.0 Å². The number of carbonyl (C=O) groups is 1. The Bertz CT molecular complexity index is 1130. The molecule has 0 aliphatic rings. The quantitative estimate of drug-likeness (QED) is 0.407. The summed E-state index contributed by atoms with van der Waals surface area (Å²) in [4.78, 5) is 25.9. The Morgan fingerprint density at radius 3 is 2.12 bits per heavy atom. The van der Waals surface area contributed by atoms with Crippen LogP contribution in [0.15, 0.2) is 20.9 Å². The molecule has 0 spiro atoms. The molecule has 0 aliphatic heterocycles. The highest BCUT2D eigenvalue weighted by molar-refractivity contribution is 6.03. The summed E-state index contributed by atoms with van der Waals surface area (Å²) in [7, 11) is 2.82. The Morgan fingerprint density at radius 1 is 1.03 bits per heavy atom. The number of rotatable bonds is 9. The highest BCUT2D eigenvalue weighted by Crippen LogP contribution is 2.45. The molecule has 33 heavy (non-hydrogen) atoms. The van der Waals surface area contributed by atoms with Crippen molar-refractivity contribution in [2.75, 3.05) is 14.2 Å². The predicted molar refractivity (Wildman–Crippen MR) is 127 cm³/mol. The Labute approximate surface area is 194 Å². The average Bonchev–Trinajstić information content (AvgIpc) is 2.76. The van der Waals surface area contributed by atoms with Gasteiger partial charge in [-0.05, 0) is 27.2 Å². The minimum atomic E-state index is -0.591. The van der Waals surface area contributed by atoms with Crippen LogP contribution in [0.25, 0.3) is 0 Å². The number of aromatic hydroxyl groups is 2. The van der Waals surface area contributed by atoms with E-state index in [1.54, 1.807) is 20.8 Å². The first kappa shape index (κ1) is 26.0. The number of ether oxygens (including phenoxy) is 2. The number of phenols is 2. The van der Waals surface area contributed by atoms with Crippen molar-refractivity contribution < 1.29 is 28.9 Å². The lowest BCUT2D eigenvalue weighted by Crippen LogP contribution is -2.16. The van der Waals surface area contributed by atoms with E-state index in [-0.39, 0.29) is 58.1 Å². The Morgan fingerprint density at radius 2 is 1.64 bits per heavy atom. The van der Waals surface area contributed by atoms with Gasteiger partial charge in [0.05, 0.1) is 19.8 Å². The summed E-state index contributed by atoms with van der Waals surface area (Å²) in [6.07, 6.45) is 2.45. The van der Waals surface area contributed by atoms with Gasteiger partial charge in [-0.25, -0.2) is 4.79 Å². The molecule has 2 N–H and O–H groups in total. The topological polar surface area (TPSA) is 106 Å². The van der Waals surface area contributed by atoms with Crippen LogP contribution in [-0.2, 0) is 19.3 Å². The summed E-state index contributed by atoms with van der Waals surface area (Å²) in [6.45, 7) is 10.9. The summed E-state index contributed by atoms with van der Waals surface area (Å²) in [6, 6.07) is 0. The number of phenolic OH excluding ortho intramolecular Hbond substituents is 2. The fraction of sp³-hybridized carbons (Fsp3) is 0.462. The molecule has 0 saturated heterocycles. The minimum absolute atomic E-state index is 0.0114. The van der Waals surface area contributed by atoms with Crippen molar-refractivity contribution in [2.45, 2.75) is 60.8 Å². The molecular weight excluding hydrogens is 424 g/mol. The number of aryl methyl sites for hydroxylation is 1. The first-order valence-corrected chi connectivity index (χ1v) is 11.0. The molecule has 7 heteroatoms. The molecule has 0 amide bonds. The van der Waals surface area contributed by atoms with Gasteiger partial charge < -0.3 is 24.1 Å². The van der Waals surface area contributed by atoms with Crippen molar-refractivity contribution in [3.63, 3.8) is 0 Å². The van der Waals surface area contributed by atoms with Gasteiger partial charge in [0.15, 0.2) is 5.78 Å². The molecule has 0 aliphatic carbocycles. The van der Waals surface area contributed by atoms with Crippen LogP contribution in [0.5, 0.6) is 23.0 Å². The smallest absolute Gasteiger partial charge is 0.343 e. The zero-order valence-electron chi connectivity index (χ0n) is 20.7. The average molecular weight is 459 g/mol. The molecule has 0 bridgehead atoms. The highest BCUT2D eigenvalue weighted by atomic mass is 16.5. The number of ketones is 1. The molecule has 0 unspecified atom stereocenters. The lowest BCUT2D eigenvalue weighted by molar-refractivity contribution is 0.0933. The van der Waals surface area contributed by atoms with E-state index in [4.69, 9.17) is 13.9 Å². The van der Waals surface area contributed by atoms with Crippen LogP contribution < -0.4 is 15.1 Å². The third kappa shape index (κ3) is 5.07. The molecule has 2 aromatic rings. The second kappa shape index (κ2) is 10.6. The van der Waals surface area contributed by atoms with Crippen LogP contribution in [0.3, 0.4) is 0 Å². The molecular formula is C26H34O7. The first-order valence-electron chi connectivity index (χ1n) is 11.0. The van der Waals surface area contributed by atoms with Crippen molar-refractivity contribution in [1.29, 1.82) is 0 Å². The fourth-order valence-electron chi connectivity index (χ4n) is 3.86. The van der Waals surface area contributed by atoms with E-state index in [2.05, 4.69) is 0 Å². The number of methoxy groups -OCH3 is 2.